The van der Waals surface area contributed by atoms with E-state index in [-0.39, 0.29) is 0 Å². The van der Waals surface area contributed by atoms with E-state index in [2.05, 4.69) is 41.0 Å². The molecular formula is C18H19ClN2. The minimum absolute atomic E-state index is 0.573. The Hall–Kier alpha value is -1.51. The van der Waals surface area contributed by atoms with Crippen molar-refractivity contribution in [3.63, 3.8) is 0 Å². The molecule has 0 amide bonds. The van der Waals surface area contributed by atoms with Crippen LogP contribution in [-0.4, -0.2) is 19.1 Å². The third kappa shape index (κ3) is 2.33. The number of rotatable bonds is 1. The summed E-state index contributed by atoms with van der Waals surface area (Å²) in [6.45, 7) is 2.22. The zero-order valence-electron chi connectivity index (χ0n) is 11.9. The summed E-state index contributed by atoms with van der Waals surface area (Å²) in [5, 5.41) is 8.04. The number of fused-ring (bicyclic) bond motifs is 3. The van der Waals surface area contributed by atoms with E-state index in [1.807, 2.05) is 12.1 Å². The van der Waals surface area contributed by atoms with Gasteiger partial charge in [0.2, 0.25) is 0 Å². The van der Waals surface area contributed by atoms with Crippen molar-refractivity contribution < 1.29 is 0 Å². The first-order valence-electron chi connectivity index (χ1n) is 7.69. The van der Waals surface area contributed by atoms with Gasteiger partial charge in [-0.1, -0.05) is 35.9 Å². The fraction of sp³-hybridized carbons (Fsp3) is 0.333. The molecule has 0 radical (unpaired) electrons. The summed E-state index contributed by atoms with van der Waals surface area (Å²) in [4.78, 5) is 0. The van der Waals surface area contributed by atoms with Gasteiger partial charge in [-0.3, -0.25) is 0 Å². The highest BCUT2D eigenvalue weighted by atomic mass is 35.5. The zero-order chi connectivity index (χ0) is 14.2. The molecule has 0 bridgehead atoms. The van der Waals surface area contributed by atoms with Gasteiger partial charge in [-0.15, -0.1) is 0 Å². The molecule has 0 aliphatic carbocycles. The quantitative estimate of drug-likeness (QED) is 0.821. The van der Waals surface area contributed by atoms with Crippen LogP contribution in [0.25, 0.3) is 11.1 Å². The molecule has 2 atom stereocenters. The van der Waals surface area contributed by atoms with Crippen LogP contribution >= 0.6 is 11.6 Å². The molecule has 2 aliphatic rings. The minimum atomic E-state index is 0.573. The van der Waals surface area contributed by atoms with Crippen LogP contribution in [0, 0.1) is 0 Å². The molecule has 1 fully saturated rings. The van der Waals surface area contributed by atoms with E-state index in [0.29, 0.717) is 12.0 Å². The van der Waals surface area contributed by atoms with Gasteiger partial charge in [0.15, 0.2) is 0 Å². The summed E-state index contributed by atoms with van der Waals surface area (Å²) >= 11 is 6.03. The van der Waals surface area contributed by atoms with Crippen LogP contribution in [0.3, 0.4) is 0 Å². The highest BCUT2D eigenvalue weighted by Gasteiger charge is 2.34. The van der Waals surface area contributed by atoms with E-state index in [1.165, 1.54) is 35.2 Å². The molecule has 21 heavy (non-hydrogen) atoms. The summed E-state index contributed by atoms with van der Waals surface area (Å²) in [7, 11) is 0. The Balaban J connectivity index is 1.81. The fourth-order valence-corrected chi connectivity index (χ4v) is 3.86. The van der Waals surface area contributed by atoms with E-state index in [1.54, 1.807) is 0 Å². The summed E-state index contributed by atoms with van der Waals surface area (Å²) in [5.41, 5.74) is 5.43. The van der Waals surface area contributed by atoms with Gasteiger partial charge >= 0.3 is 0 Å². The van der Waals surface area contributed by atoms with Crippen LogP contribution in [0.15, 0.2) is 42.5 Å². The first-order chi connectivity index (χ1) is 10.3. The maximum atomic E-state index is 6.03. The van der Waals surface area contributed by atoms with Crippen molar-refractivity contribution >= 4 is 17.3 Å². The normalized spacial score (nSPS) is 23.9. The molecule has 2 heterocycles. The standard InChI is InChI=1S/C18H19ClN2/c19-13-6-4-12(5-7-13)14-2-1-3-17-18(14)15-8-10-20-11-9-16(15)21-17/h1-7,15-16,20-21H,8-11H2/t15-,16-/m0/s1. The van der Waals surface area contributed by atoms with Gasteiger partial charge in [-0.05, 0) is 60.8 Å². The first kappa shape index (κ1) is 13.2. The Kier molecular flexibility index (Phi) is 3.36. The van der Waals surface area contributed by atoms with Crippen molar-refractivity contribution in [3.05, 3.63) is 53.1 Å². The number of anilines is 1. The molecule has 2 nitrogen and oxygen atoms in total. The minimum Gasteiger partial charge on any atom is -0.381 e. The Morgan fingerprint density at radius 1 is 0.952 bits per heavy atom. The molecule has 0 unspecified atom stereocenters. The van der Waals surface area contributed by atoms with E-state index in [4.69, 9.17) is 11.6 Å². The highest BCUT2D eigenvalue weighted by molar-refractivity contribution is 6.30. The lowest BCUT2D eigenvalue weighted by molar-refractivity contribution is 0.579. The molecular weight excluding hydrogens is 280 g/mol. The number of hydrogen-bond acceptors (Lipinski definition) is 2. The molecule has 2 aliphatic heterocycles. The summed E-state index contributed by atoms with van der Waals surface area (Å²) < 4.78 is 0. The SMILES string of the molecule is Clc1ccc(-c2cccc3c2[C@H]2CCNCC[C@@H]2N3)cc1. The second kappa shape index (κ2) is 5.36. The monoisotopic (exact) mass is 298 g/mol. The largest absolute Gasteiger partial charge is 0.381 e. The molecule has 0 spiro atoms. The van der Waals surface area contributed by atoms with E-state index < -0.39 is 0 Å². The van der Waals surface area contributed by atoms with Crippen molar-refractivity contribution in [2.45, 2.75) is 24.8 Å². The van der Waals surface area contributed by atoms with Crippen LogP contribution in [0.1, 0.15) is 24.3 Å². The Bertz CT molecular complexity index is 651. The van der Waals surface area contributed by atoms with Gasteiger partial charge in [-0.25, -0.2) is 0 Å². The van der Waals surface area contributed by atoms with Gasteiger partial charge in [0.05, 0.1) is 0 Å². The Labute approximate surface area is 130 Å². The number of halogens is 1. The van der Waals surface area contributed by atoms with E-state index in [0.717, 1.165) is 18.1 Å². The molecule has 1 saturated heterocycles. The lowest BCUT2D eigenvalue weighted by atomic mass is 9.86. The maximum Gasteiger partial charge on any atom is 0.0406 e. The number of hydrogen-bond donors (Lipinski definition) is 2. The topological polar surface area (TPSA) is 24.1 Å². The Morgan fingerprint density at radius 2 is 1.76 bits per heavy atom. The van der Waals surface area contributed by atoms with Gasteiger partial charge in [0.1, 0.15) is 0 Å². The molecule has 0 aromatic heterocycles. The molecule has 3 heteroatoms. The van der Waals surface area contributed by atoms with Crippen molar-refractivity contribution in [2.24, 2.45) is 0 Å². The summed E-state index contributed by atoms with van der Waals surface area (Å²) in [6, 6.07) is 15.4. The van der Waals surface area contributed by atoms with E-state index in [9.17, 15) is 0 Å². The van der Waals surface area contributed by atoms with Gasteiger partial charge < -0.3 is 10.6 Å². The predicted octanol–water partition coefficient (Wildman–Crippen LogP) is 4.27. The highest BCUT2D eigenvalue weighted by Crippen LogP contribution is 2.45. The average Bonchev–Trinajstić information content (AvgIpc) is 2.70. The van der Waals surface area contributed by atoms with Gasteiger partial charge in [0.25, 0.3) is 0 Å². The van der Waals surface area contributed by atoms with Crippen LogP contribution < -0.4 is 10.6 Å². The van der Waals surface area contributed by atoms with Crippen molar-refractivity contribution in [1.29, 1.82) is 0 Å². The third-order valence-corrected chi connectivity index (χ3v) is 4.97. The molecule has 2 aromatic rings. The van der Waals surface area contributed by atoms with E-state index >= 15 is 0 Å². The number of nitrogens with one attached hydrogen (secondary N) is 2. The van der Waals surface area contributed by atoms with Crippen LogP contribution in [0.4, 0.5) is 5.69 Å². The smallest absolute Gasteiger partial charge is 0.0406 e. The average molecular weight is 299 g/mol. The molecule has 0 saturated carbocycles. The van der Waals surface area contributed by atoms with Crippen molar-refractivity contribution in [3.8, 4) is 11.1 Å². The maximum absolute atomic E-state index is 6.03. The van der Waals surface area contributed by atoms with Crippen molar-refractivity contribution in [2.75, 3.05) is 18.4 Å². The van der Waals surface area contributed by atoms with Crippen LogP contribution in [0.2, 0.25) is 5.02 Å². The Morgan fingerprint density at radius 3 is 2.62 bits per heavy atom. The van der Waals surface area contributed by atoms with Gasteiger partial charge in [-0.2, -0.15) is 0 Å². The first-order valence-corrected chi connectivity index (χ1v) is 8.07. The summed E-state index contributed by atoms with van der Waals surface area (Å²) in [5.74, 6) is 0.613. The lowest BCUT2D eigenvalue weighted by Gasteiger charge is -2.18. The number of benzene rings is 2. The molecule has 2 N–H and O–H groups in total. The predicted molar refractivity (Wildman–Crippen MR) is 89.1 cm³/mol. The zero-order valence-corrected chi connectivity index (χ0v) is 12.7. The van der Waals surface area contributed by atoms with Crippen LogP contribution in [-0.2, 0) is 0 Å². The molecule has 2 aromatic carbocycles. The molecule has 108 valence electrons. The fourth-order valence-electron chi connectivity index (χ4n) is 3.73. The van der Waals surface area contributed by atoms with Gasteiger partial charge in [0, 0.05) is 22.7 Å². The third-order valence-electron chi connectivity index (χ3n) is 4.72. The second-order valence-electron chi connectivity index (χ2n) is 5.96. The second-order valence-corrected chi connectivity index (χ2v) is 6.39. The van der Waals surface area contributed by atoms with Crippen LogP contribution in [0.5, 0.6) is 0 Å². The van der Waals surface area contributed by atoms with Crippen molar-refractivity contribution in [1.82, 2.24) is 5.32 Å². The lowest BCUT2D eigenvalue weighted by Crippen LogP contribution is -2.21. The molecule has 4 rings (SSSR count). The summed E-state index contributed by atoms with van der Waals surface area (Å²) in [6.07, 6.45) is 2.40.